The van der Waals surface area contributed by atoms with E-state index in [1.807, 2.05) is 29.8 Å². The Morgan fingerprint density at radius 1 is 1.39 bits per heavy atom. The predicted molar refractivity (Wildman–Crippen MR) is 77.4 cm³/mol. The first-order chi connectivity index (χ1) is 8.61. The van der Waals surface area contributed by atoms with Crippen LogP contribution >= 0.6 is 15.9 Å². The zero-order chi connectivity index (χ0) is 13.1. The summed E-state index contributed by atoms with van der Waals surface area (Å²) in [4.78, 5) is 0. The number of halogens is 1. The van der Waals surface area contributed by atoms with Crippen molar-refractivity contribution in [2.24, 2.45) is 5.73 Å². The maximum atomic E-state index is 6.29. The standard InChI is InChI=1S/C14H18BrN3/c1-3-18-11(8-10(2)17-18)9-14(16)12-6-4-5-7-13(12)15/h4-8,14H,3,9,16H2,1-2H3. The van der Waals surface area contributed by atoms with Gasteiger partial charge in [0.25, 0.3) is 0 Å². The summed E-state index contributed by atoms with van der Waals surface area (Å²) in [7, 11) is 0. The average Bonchev–Trinajstić information content (AvgIpc) is 2.70. The molecular weight excluding hydrogens is 290 g/mol. The topological polar surface area (TPSA) is 43.8 Å². The van der Waals surface area contributed by atoms with Crippen LogP contribution in [0.1, 0.15) is 29.9 Å². The molecule has 0 aliphatic rings. The van der Waals surface area contributed by atoms with Crippen LogP contribution in [-0.4, -0.2) is 9.78 Å². The summed E-state index contributed by atoms with van der Waals surface area (Å²) in [5, 5.41) is 4.45. The molecule has 0 saturated carbocycles. The molecule has 1 atom stereocenters. The summed E-state index contributed by atoms with van der Waals surface area (Å²) < 4.78 is 3.09. The molecule has 4 heteroatoms. The molecule has 0 saturated heterocycles. The lowest BCUT2D eigenvalue weighted by Gasteiger charge is -2.14. The molecule has 2 N–H and O–H groups in total. The second kappa shape index (κ2) is 5.67. The minimum atomic E-state index is -0.0121. The van der Waals surface area contributed by atoms with E-state index in [1.54, 1.807) is 0 Å². The van der Waals surface area contributed by atoms with E-state index < -0.39 is 0 Å². The number of hydrogen-bond donors (Lipinski definition) is 1. The predicted octanol–water partition coefficient (Wildman–Crippen LogP) is 3.22. The Kier molecular flexibility index (Phi) is 4.19. The molecule has 3 nitrogen and oxygen atoms in total. The van der Waals surface area contributed by atoms with Crippen molar-refractivity contribution in [3.8, 4) is 0 Å². The van der Waals surface area contributed by atoms with E-state index in [-0.39, 0.29) is 6.04 Å². The van der Waals surface area contributed by atoms with Crippen molar-refractivity contribution in [1.82, 2.24) is 9.78 Å². The molecule has 1 aromatic heterocycles. The fourth-order valence-electron chi connectivity index (χ4n) is 2.15. The highest BCUT2D eigenvalue weighted by Gasteiger charge is 2.13. The normalized spacial score (nSPS) is 12.7. The Bertz CT molecular complexity index is 534. The molecular formula is C14H18BrN3. The highest BCUT2D eigenvalue weighted by molar-refractivity contribution is 9.10. The second-order valence-corrected chi connectivity index (χ2v) is 5.28. The zero-order valence-electron chi connectivity index (χ0n) is 10.7. The highest BCUT2D eigenvalue weighted by Crippen LogP contribution is 2.24. The molecule has 1 heterocycles. The van der Waals surface area contributed by atoms with Crippen molar-refractivity contribution < 1.29 is 0 Å². The summed E-state index contributed by atoms with van der Waals surface area (Å²) >= 11 is 3.55. The van der Waals surface area contributed by atoms with E-state index in [0.29, 0.717) is 0 Å². The molecule has 0 aliphatic carbocycles. The van der Waals surface area contributed by atoms with Crippen LogP contribution in [0.2, 0.25) is 0 Å². The first-order valence-electron chi connectivity index (χ1n) is 6.15. The van der Waals surface area contributed by atoms with Crippen LogP contribution in [0.5, 0.6) is 0 Å². The summed E-state index contributed by atoms with van der Waals surface area (Å²) in [5.41, 5.74) is 9.67. The molecule has 0 bridgehead atoms. The Hall–Kier alpha value is -1.13. The Morgan fingerprint density at radius 3 is 2.78 bits per heavy atom. The largest absolute Gasteiger partial charge is 0.324 e. The first kappa shape index (κ1) is 13.3. The number of nitrogens with zero attached hydrogens (tertiary/aromatic N) is 2. The molecule has 1 unspecified atom stereocenters. The molecule has 0 amide bonds. The smallest absolute Gasteiger partial charge is 0.0596 e. The Balaban J connectivity index is 2.21. The van der Waals surface area contributed by atoms with Crippen LogP contribution in [0.3, 0.4) is 0 Å². The van der Waals surface area contributed by atoms with Gasteiger partial charge >= 0.3 is 0 Å². The van der Waals surface area contributed by atoms with Gasteiger partial charge in [0.2, 0.25) is 0 Å². The van der Waals surface area contributed by atoms with Crippen molar-refractivity contribution in [2.45, 2.75) is 32.9 Å². The quantitative estimate of drug-likeness (QED) is 0.942. The van der Waals surface area contributed by atoms with E-state index in [9.17, 15) is 0 Å². The van der Waals surface area contributed by atoms with Crippen LogP contribution in [0.4, 0.5) is 0 Å². The van der Waals surface area contributed by atoms with Crippen LogP contribution in [0.15, 0.2) is 34.8 Å². The van der Waals surface area contributed by atoms with E-state index >= 15 is 0 Å². The van der Waals surface area contributed by atoms with Crippen molar-refractivity contribution in [3.63, 3.8) is 0 Å². The lowest BCUT2D eigenvalue weighted by molar-refractivity contribution is 0.586. The molecule has 2 aromatic rings. The molecule has 1 aromatic carbocycles. The monoisotopic (exact) mass is 307 g/mol. The van der Waals surface area contributed by atoms with Gasteiger partial charge in [-0.3, -0.25) is 4.68 Å². The number of hydrogen-bond acceptors (Lipinski definition) is 2. The van der Waals surface area contributed by atoms with Gasteiger partial charge in [-0.15, -0.1) is 0 Å². The number of nitrogens with two attached hydrogens (primary N) is 1. The minimum Gasteiger partial charge on any atom is -0.324 e. The molecule has 96 valence electrons. The van der Waals surface area contributed by atoms with E-state index in [0.717, 1.165) is 28.7 Å². The molecule has 18 heavy (non-hydrogen) atoms. The number of aromatic nitrogens is 2. The van der Waals surface area contributed by atoms with E-state index in [1.165, 1.54) is 5.69 Å². The van der Waals surface area contributed by atoms with Gasteiger partial charge in [0.15, 0.2) is 0 Å². The van der Waals surface area contributed by atoms with E-state index in [2.05, 4.69) is 40.1 Å². The van der Waals surface area contributed by atoms with Crippen molar-refractivity contribution in [2.75, 3.05) is 0 Å². The van der Waals surface area contributed by atoms with Crippen molar-refractivity contribution >= 4 is 15.9 Å². The maximum absolute atomic E-state index is 6.29. The Labute approximate surface area is 116 Å². The molecule has 0 fully saturated rings. The van der Waals surface area contributed by atoms with Crippen LogP contribution in [0, 0.1) is 6.92 Å². The number of benzene rings is 1. The summed E-state index contributed by atoms with van der Waals surface area (Å²) in [6, 6.07) is 10.2. The Morgan fingerprint density at radius 2 is 2.11 bits per heavy atom. The van der Waals surface area contributed by atoms with E-state index in [4.69, 9.17) is 5.73 Å². The third-order valence-electron chi connectivity index (χ3n) is 3.02. The number of rotatable bonds is 4. The van der Waals surface area contributed by atoms with Gasteiger partial charge in [0, 0.05) is 29.2 Å². The number of aryl methyl sites for hydroxylation is 2. The van der Waals surface area contributed by atoms with Gasteiger partial charge < -0.3 is 5.73 Å². The van der Waals surface area contributed by atoms with Gasteiger partial charge in [0.1, 0.15) is 0 Å². The first-order valence-corrected chi connectivity index (χ1v) is 6.94. The molecule has 0 aliphatic heterocycles. The van der Waals surface area contributed by atoms with Crippen LogP contribution in [0.25, 0.3) is 0 Å². The fourth-order valence-corrected chi connectivity index (χ4v) is 2.73. The van der Waals surface area contributed by atoms with Crippen molar-refractivity contribution in [1.29, 1.82) is 0 Å². The fraction of sp³-hybridized carbons (Fsp3) is 0.357. The molecule has 0 spiro atoms. The lowest BCUT2D eigenvalue weighted by Crippen LogP contribution is -2.16. The average molecular weight is 308 g/mol. The van der Waals surface area contributed by atoms with Gasteiger partial charge in [-0.05, 0) is 31.5 Å². The van der Waals surface area contributed by atoms with Gasteiger partial charge in [-0.25, -0.2) is 0 Å². The lowest BCUT2D eigenvalue weighted by atomic mass is 10.0. The second-order valence-electron chi connectivity index (χ2n) is 4.42. The minimum absolute atomic E-state index is 0.0121. The highest BCUT2D eigenvalue weighted by atomic mass is 79.9. The van der Waals surface area contributed by atoms with Crippen LogP contribution < -0.4 is 5.73 Å². The summed E-state index contributed by atoms with van der Waals surface area (Å²) in [5.74, 6) is 0. The third-order valence-corrected chi connectivity index (χ3v) is 3.74. The van der Waals surface area contributed by atoms with Gasteiger partial charge in [-0.1, -0.05) is 34.1 Å². The zero-order valence-corrected chi connectivity index (χ0v) is 12.3. The third kappa shape index (κ3) is 2.82. The van der Waals surface area contributed by atoms with Gasteiger partial charge in [0.05, 0.1) is 5.69 Å². The summed E-state index contributed by atoms with van der Waals surface area (Å²) in [6.45, 7) is 4.99. The molecule has 0 radical (unpaired) electrons. The summed E-state index contributed by atoms with van der Waals surface area (Å²) in [6.07, 6.45) is 0.803. The van der Waals surface area contributed by atoms with Crippen molar-refractivity contribution in [3.05, 3.63) is 51.8 Å². The van der Waals surface area contributed by atoms with Crippen LogP contribution in [-0.2, 0) is 13.0 Å². The maximum Gasteiger partial charge on any atom is 0.0596 e. The van der Waals surface area contributed by atoms with Gasteiger partial charge in [-0.2, -0.15) is 5.10 Å². The molecule has 2 rings (SSSR count). The SMILES string of the molecule is CCn1nc(C)cc1CC(N)c1ccccc1Br.